The van der Waals surface area contributed by atoms with Gasteiger partial charge in [0.25, 0.3) is 0 Å². The van der Waals surface area contributed by atoms with Gasteiger partial charge in [0.1, 0.15) is 0 Å². The minimum absolute atomic E-state index is 0.0240. The van der Waals surface area contributed by atoms with E-state index in [2.05, 4.69) is 29.7 Å². The highest BCUT2D eigenvalue weighted by Gasteiger charge is 2.05. The maximum absolute atomic E-state index is 10.8. The highest BCUT2D eigenvalue weighted by atomic mass is 16.5. The maximum atomic E-state index is 10.8. The third-order valence-corrected chi connectivity index (χ3v) is 3.77. The predicted octanol–water partition coefficient (Wildman–Crippen LogP) is 5.36. The van der Waals surface area contributed by atoms with Crippen molar-refractivity contribution in [3.8, 4) is 0 Å². The summed E-state index contributed by atoms with van der Waals surface area (Å²) >= 11 is 0. The Morgan fingerprint density at radius 1 is 1.00 bits per heavy atom. The lowest BCUT2D eigenvalue weighted by molar-refractivity contribution is 0.164. The molecular formula is C17H34N2O2. The highest BCUT2D eigenvalue weighted by molar-refractivity contribution is 4.86. The van der Waals surface area contributed by atoms with Crippen molar-refractivity contribution in [1.82, 2.24) is 5.48 Å². The number of rotatable bonds is 16. The van der Waals surface area contributed by atoms with Gasteiger partial charge in [0.2, 0.25) is 0 Å². The lowest BCUT2D eigenvalue weighted by atomic mass is 10.0. The molecule has 4 nitrogen and oxygen atoms in total. The van der Waals surface area contributed by atoms with E-state index in [-0.39, 0.29) is 6.04 Å². The predicted molar refractivity (Wildman–Crippen MR) is 89.6 cm³/mol. The second kappa shape index (κ2) is 17.3. The number of nitroso groups, excluding NO2 is 1. The molecule has 0 rings (SSSR count). The van der Waals surface area contributed by atoms with Crippen molar-refractivity contribution in [3.05, 3.63) is 17.1 Å². The number of hydrogen-bond acceptors (Lipinski definition) is 4. The van der Waals surface area contributed by atoms with Crippen molar-refractivity contribution in [2.45, 2.75) is 90.0 Å². The molecule has 21 heavy (non-hydrogen) atoms. The number of unbranched alkanes of at least 4 members (excludes halogenated alkanes) is 8. The van der Waals surface area contributed by atoms with E-state index in [1.165, 1.54) is 44.9 Å². The van der Waals surface area contributed by atoms with Crippen LogP contribution in [0.3, 0.4) is 0 Å². The molecule has 0 aromatic heterocycles. The summed E-state index contributed by atoms with van der Waals surface area (Å²) in [5.74, 6) is 0. The summed E-state index contributed by atoms with van der Waals surface area (Å²) in [6.45, 7) is 2.89. The first-order valence-electron chi connectivity index (χ1n) is 8.69. The Hall–Kier alpha value is -0.740. The number of nitrogens with one attached hydrogen (secondary N) is 1. The van der Waals surface area contributed by atoms with Gasteiger partial charge in [-0.25, -0.2) is 5.48 Å². The Labute approximate surface area is 130 Å². The molecule has 0 aromatic rings. The zero-order valence-electron chi connectivity index (χ0n) is 13.7. The van der Waals surface area contributed by atoms with E-state index < -0.39 is 0 Å². The standard InChI is InChI=1S/C17H34N2O2/c1-2-3-4-11-14-17(19-21)15-12-9-7-5-6-8-10-13-16-18-20/h9,12,17-18,20H,2-8,10-11,13-16H2,1H3/b12-9+. The Morgan fingerprint density at radius 3 is 2.43 bits per heavy atom. The normalized spacial score (nSPS) is 12.9. The second-order valence-electron chi connectivity index (χ2n) is 5.78. The van der Waals surface area contributed by atoms with E-state index in [1.54, 1.807) is 0 Å². The average molecular weight is 298 g/mol. The minimum Gasteiger partial charge on any atom is -0.317 e. The molecule has 0 saturated carbocycles. The smallest absolute Gasteiger partial charge is 0.0954 e. The van der Waals surface area contributed by atoms with Crippen LogP contribution < -0.4 is 5.48 Å². The van der Waals surface area contributed by atoms with Gasteiger partial charge in [-0.3, -0.25) is 0 Å². The van der Waals surface area contributed by atoms with Gasteiger partial charge in [-0.2, -0.15) is 4.91 Å². The first-order valence-corrected chi connectivity index (χ1v) is 8.69. The third kappa shape index (κ3) is 15.5. The van der Waals surface area contributed by atoms with Gasteiger partial charge in [-0.15, -0.1) is 0 Å². The van der Waals surface area contributed by atoms with Gasteiger partial charge in [-0.05, 0) is 32.1 Å². The fourth-order valence-electron chi connectivity index (χ4n) is 2.39. The molecule has 0 spiro atoms. The fourth-order valence-corrected chi connectivity index (χ4v) is 2.39. The van der Waals surface area contributed by atoms with Crippen molar-refractivity contribution in [2.75, 3.05) is 6.54 Å². The zero-order valence-corrected chi connectivity index (χ0v) is 13.7. The first kappa shape index (κ1) is 20.3. The molecule has 0 radical (unpaired) electrons. The Balaban J connectivity index is 3.40. The molecule has 0 aliphatic carbocycles. The summed E-state index contributed by atoms with van der Waals surface area (Å²) in [6, 6.07) is -0.0240. The molecule has 0 amide bonds. The summed E-state index contributed by atoms with van der Waals surface area (Å²) < 4.78 is 0. The van der Waals surface area contributed by atoms with Crippen LogP contribution in [0.4, 0.5) is 0 Å². The van der Waals surface area contributed by atoms with Gasteiger partial charge < -0.3 is 5.21 Å². The van der Waals surface area contributed by atoms with Crippen LogP contribution in [0.25, 0.3) is 0 Å². The molecule has 0 aliphatic heterocycles. The fraction of sp³-hybridized carbons (Fsp3) is 0.882. The van der Waals surface area contributed by atoms with E-state index in [1.807, 2.05) is 0 Å². The summed E-state index contributed by atoms with van der Waals surface area (Å²) in [7, 11) is 0. The van der Waals surface area contributed by atoms with Gasteiger partial charge >= 0.3 is 0 Å². The van der Waals surface area contributed by atoms with Crippen LogP contribution in [0.5, 0.6) is 0 Å². The van der Waals surface area contributed by atoms with Crippen molar-refractivity contribution in [3.63, 3.8) is 0 Å². The van der Waals surface area contributed by atoms with Crippen LogP contribution in [-0.4, -0.2) is 17.8 Å². The molecule has 1 unspecified atom stereocenters. The highest BCUT2D eigenvalue weighted by Crippen LogP contribution is 2.12. The molecule has 124 valence electrons. The van der Waals surface area contributed by atoms with Crippen LogP contribution in [-0.2, 0) is 0 Å². The molecule has 0 saturated heterocycles. The maximum Gasteiger partial charge on any atom is 0.0954 e. The second-order valence-corrected chi connectivity index (χ2v) is 5.78. The first-order chi connectivity index (χ1) is 10.3. The van der Waals surface area contributed by atoms with E-state index in [0.717, 1.165) is 32.1 Å². The monoisotopic (exact) mass is 298 g/mol. The van der Waals surface area contributed by atoms with Gasteiger partial charge in [0, 0.05) is 6.54 Å². The lowest BCUT2D eigenvalue weighted by Crippen LogP contribution is -2.07. The number of hydrogen-bond donors (Lipinski definition) is 2. The largest absolute Gasteiger partial charge is 0.317 e. The molecule has 0 bridgehead atoms. The topological polar surface area (TPSA) is 61.7 Å². The lowest BCUT2D eigenvalue weighted by Gasteiger charge is -2.05. The van der Waals surface area contributed by atoms with Crippen LogP contribution in [0.1, 0.15) is 84.0 Å². The SMILES string of the molecule is CCCCCCC(C/C=C/CCCCCCCNO)N=O. The van der Waals surface area contributed by atoms with Gasteiger partial charge in [0.15, 0.2) is 0 Å². The van der Waals surface area contributed by atoms with Crippen LogP contribution in [0, 0.1) is 4.91 Å². The summed E-state index contributed by atoms with van der Waals surface area (Å²) in [5, 5.41) is 11.7. The van der Waals surface area contributed by atoms with Crippen LogP contribution in [0.2, 0.25) is 0 Å². The average Bonchev–Trinajstić information content (AvgIpc) is 2.51. The van der Waals surface area contributed by atoms with Gasteiger partial charge in [-0.1, -0.05) is 69.2 Å². The van der Waals surface area contributed by atoms with E-state index in [9.17, 15) is 4.91 Å². The van der Waals surface area contributed by atoms with E-state index >= 15 is 0 Å². The van der Waals surface area contributed by atoms with E-state index in [4.69, 9.17) is 5.21 Å². The minimum atomic E-state index is -0.0240. The van der Waals surface area contributed by atoms with Crippen LogP contribution in [0.15, 0.2) is 17.3 Å². The Kier molecular flexibility index (Phi) is 16.7. The van der Waals surface area contributed by atoms with Crippen molar-refractivity contribution in [2.24, 2.45) is 5.18 Å². The summed E-state index contributed by atoms with van der Waals surface area (Å²) in [5.41, 5.74) is 2.18. The molecule has 1 atom stereocenters. The molecule has 2 N–H and O–H groups in total. The number of allylic oxidation sites excluding steroid dienone is 1. The third-order valence-electron chi connectivity index (χ3n) is 3.77. The Morgan fingerprint density at radius 2 is 1.71 bits per heavy atom. The molecular weight excluding hydrogens is 264 g/mol. The molecule has 0 aliphatic rings. The van der Waals surface area contributed by atoms with E-state index in [0.29, 0.717) is 6.54 Å². The molecule has 0 heterocycles. The van der Waals surface area contributed by atoms with Crippen molar-refractivity contribution >= 4 is 0 Å². The zero-order chi connectivity index (χ0) is 15.6. The van der Waals surface area contributed by atoms with Crippen molar-refractivity contribution < 1.29 is 5.21 Å². The Bertz CT molecular complexity index is 245. The summed E-state index contributed by atoms with van der Waals surface area (Å²) in [4.78, 5) is 10.8. The van der Waals surface area contributed by atoms with Gasteiger partial charge in [0.05, 0.1) is 6.04 Å². The number of nitrogens with zero attached hydrogens (tertiary/aromatic N) is 1. The van der Waals surface area contributed by atoms with Crippen molar-refractivity contribution in [1.29, 1.82) is 0 Å². The quantitative estimate of drug-likeness (QED) is 0.174. The number of hydroxylamine groups is 1. The molecule has 0 fully saturated rings. The molecule has 4 heteroatoms. The summed E-state index contributed by atoms with van der Waals surface area (Å²) in [6.07, 6.45) is 17.9. The van der Waals surface area contributed by atoms with Crippen LogP contribution >= 0.6 is 0 Å². The molecule has 0 aromatic carbocycles.